The summed E-state index contributed by atoms with van der Waals surface area (Å²) in [5, 5.41) is 12.8. The average molecular weight is 177 g/mol. The van der Waals surface area contributed by atoms with E-state index < -0.39 is 0 Å². The van der Waals surface area contributed by atoms with Gasteiger partial charge in [-0.3, -0.25) is 4.68 Å². The van der Waals surface area contributed by atoms with Crippen LogP contribution in [0.5, 0.6) is 0 Å². The fraction of sp³-hybridized carbons (Fsp3) is 0.600. The third-order valence-corrected chi connectivity index (χ3v) is 2.38. The quantitative estimate of drug-likeness (QED) is 0.660. The molecule has 1 heterocycles. The highest BCUT2D eigenvalue weighted by Crippen LogP contribution is 2.29. The van der Waals surface area contributed by atoms with Crippen LogP contribution in [0.15, 0.2) is 12.4 Å². The van der Waals surface area contributed by atoms with Crippen molar-refractivity contribution in [2.24, 2.45) is 5.41 Å². The zero-order valence-corrected chi connectivity index (χ0v) is 8.57. The number of hydrogen-bond acceptors (Lipinski definition) is 2. The van der Waals surface area contributed by atoms with Crippen LogP contribution in [-0.2, 0) is 0 Å². The molecular weight excluding hydrogens is 162 g/mol. The van der Waals surface area contributed by atoms with E-state index in [9.17, 15) is 0 Å². The van der Waals surface area contributed by atoms with Crippen LogP contribution < -0.4 is 0 Å². The normalized spacial score (nSPS) is 13.8. The lowest BCUT2D eigenvalue weighted by molar-refractivity contribution is 0.244. The van der Waals surface area contributed by atoms with Crippen LogP contribution in [0.25, 0.3) is 0 Å². The summed E-state index contributed by atoms with van der Waals surface area (Å²) in [4.78, 5) is 0. The third-order valence-electron chi connectivity index (χ3n) is 2.38. The van der Waals surface area contributed by atoms with Crippen LogP contribution in [0.2, 0.25) is 0 Å². The van der Waals surface area contributed by atoms with Crippen molar-refractivity contribution in [2.75, 3.05) is 0 Å². The Morgan fingerprint density at radius 2 is 2.15 bits per heavy atom. The van der Waals surface area contributed by atoms with Gasteiger partial charge in [0.2, 0.25) is 0 Å². The van der Waals surface area contributed by atoms with E-state index in [-0.39, 0.29) is 5.41 Å². The van der Waals surface area contributed by atoms with Crippen LogP contribution in [0.4, 0.5) is 0 Å². The monoisotopic (exact) mass is 177 g/mol. The summed E-state index contributed by atoms with van der Waals surface area (Å²) in [6, 6.07) is 2.37. The molecule has 1 atom stereocenters. The van der Waals surface area contributed by atoms with Crippen LogP contribution in [-0.4, -0.2) is 9.78 Å². The van der Waals surface area contributed by atoms with Crippen molar-refractivity contribution in [1.29, 1.82) is 5.26 Å². The van der Waals surface area contributed by atoms with Gasteiger partial charge in [-0.25, -0.2) is 0 Å². The summed E-state index contributed by atoms with van der Waals surface area (Å²) < 4.78 is 1.85. The van der Waals surface area contributed by atoms with Gasteiger partial charge in [0.1, 0.15) is 6.07 Å². The number of rotatable bonds is 1. The van der Waals surface area contributed by atoms with Crippen molar-refractivity contribution in [2.45, 2.75) is 33.7 Å². The Bertz CT molecular complexity index is 325. The number of nitriles is 1. The Balaban J connectivity index is 2.91. The molecule has 0 amide bonds. The summed E-state index contributed by atoms with van der Waals surface area (Å²) in [5.41, 5.74) is 0.787. The van der Waals surface area contributed by atoms with Gasteiger partial charge < -0.3 is 0 Å². The maximum absolute atomic E-state index is 8.63. The van der Waals surface area contributed by atoms with Crippen molar-refractivity contribution in [3.8, 4) is 6.07 Å². The van der Waals surface area contributed by atoms with Gasteiger partial charge in [-0.15, -0.1) is 0 Å². The Kier molecular flexibility index (Phi) is 2.42. The summed E-state index contributed by atoms with van der Waals surface area (Å²) >= 11 is 0. The van der Waals surface area contributed by atoms with Crippen LogP contribution in [0.3, 0.4) is 0 Å². The Labute approximate surface area is 79.0 Å². The van der Waals surface area contributed by atoms with Gasteiger partial charge in [-0.2, -0.15) is 10.4 Å². The molecule has 1 rings (SSSR count). The minimum atomic E-state index is 0.165. The van der Waals surface area contributed by atoms with Gasteiger partial charge in [0.25, 0.3) is 0 Å². The van der Waals surface area contributed by atoms with E-state index in [1.807, 2.05) is 4.68 Å². The predicted octanol–water partition coefficient (Wildman–Crippen LogP) is 2.36. The molecule has 0 saturated carbocycles. The minimum absolute atomic E-state index is 0.165. The fourth-order valence-electron chi connectivity index (χ4n) is 1.00. The van der Waals surface area contributed by atoms with E-state index in [1.54, 1.807) is 12.4 Å². The zero-order valence-electron chi connectivity index (χ0n) is 8.57. The number of nitrogens with zero attached hydrogens (tertiary/aromatic N) is 3. The molecule has 0 saturated heterocycles. The van der Waals surface area contributed by atoms with Crippen molar-refractivity contribution in [1.82, 2.24) is 9.78 Å². The number of aromatic nitrogens is 2. The Morgan fingerprint density at radius 3 is 2.54 bits per heavy atom. The van der Waals surface area contributed by atoms with Crippen molar-refractivity contribution < 1.29 is 0 Å². The largest absolute Gasteiger partial charge is 0.268 e. The highest BCUT2D eigenvalue weighted by Gasteiger charge is 2.22. The first-order chi connectivity index (χ1) is 5.95. The van der Waals surface area contributed by atoms with Gasteiger partial charge in [0.05, 0.1) is 17.8 Å². The van der Waals surface area contributed by atoms with E-state index in [1.165, 1.54) is 0 Å². The van der Waals surface area contributed by atoms with E-state index in [2.05, 4.69) is 38.9 Å². The first-order valence-corrected chi connectivity index (χ1v) is 4.39. The first kappa shape index (κ1) is 9.79. The molecule has 0 aliphatic heterocycles. The number of hydrogen-bond donors (Lipinski definition) is 0. The molecular formula is C10H15N3. The minimum Gasteiger partial charge on any atom is -0.268 e. The van der Waals surface area contributed by atoms with Crippen LogP contribution in [0, 0.1) is 16.7 Å². The summed E-state index contributed by atoms with van der Waals surface area (Å²) in [7, 11) is 0. The van der Waals surface area contributed by atoms with Gasteiger partial charge in [-0.05, 0) is 12.3 Å². The molecule has 0 aliphatic rings. The smallest absolute Gasteiger partial charge is 0.102 e. The lowest BCUT2D eigenvalue weighted by atomic mass is 9.88. The van der Waals surface area contributed by atoms with E-state index >= 15 is 0 Å². The summed E-state index contributed by atoms with van der Waals surface area (Å²) in [5.74, 6) is 0. The molecule has 3 heteroatoms. The van der Waals surface area contributed by atoms with E-state index in [0.29, 0.717) is 11.6 Å². The van der Waals surface area contributed by atoms with Crippen LogP contribution in [0.1, 0.15) is 39.3 Å². The summed E-state index contributed by atoms with van der Waals surface area (Å²) in [6.45, 7) is 8.58. The molecule has 3 nitrogen and oxygen atoms in total. The van der Waals surface area contributed by atoms with Gasteiger partial charge in [0, 0.05) is 6.20 Å². The van der Waals surface area contributed by atoms with Crippen LogP contribution >= 0.6 is 0 Å². The molecule has 0 bridgehead atoms. The second-order valence-corrected chi connectivity index (χ2v) is 4.36. The van der Waals surface area contributed by atoms with Gasteiger partial charge in [0.15, 0.2) is 0 Å². The van der Waals surface area contributed by atoms with Gasteiger partial charge >= 0.3 is 0 Å². The third kappa shape index (κ3) is 2.09. The molecule has 70 valence electrons. The molecule has 13 heavy (non-hydrogen) atoms. The van der Waals surface area contributed by atoms with E-state index in [4.69, 9.17) is 5.26 Å². The SMILES string of the molecule is C[C@H](n1cc(C#N)cn1)C(C)(C)C. The first-order valence-electron chi connectivity index (χ1n) is 4.39. The molecule has 0 radical (unpaired) electrons. The van der Waals surface area contributed by atoms with Crippen molar-refractivity contribution >= 4 is 0 Å². The summed E-state index contributed by atoms with van der Waals surface area (Å²) in [6.07, 6.45) is 3.39. The fourth-order valence-corrected chi connectivity index (χ4v) is 1.00. The lowest BCUT2D eigenvalue weighted by Gasteiger charge is -2.27. The maximum Gasteiger partial charge on any atom is 0.102 e. The van der Waals surface area contributed by atoms with Crippen molar-refractivity contribution in [3.63, 3.8) is 0 Å². The molecule has 0 spiro atoms. The average Bonchev–Trinajstić information content (AvgIpc) is 2.48. The Hall–Kier alpha value is -1.30. The molecule has 0 aromatic carbocycles. The highest BCUT2D eigenvalue weighted by molar-refractivity contribution is 5.21. The molecule has 1 aromatic rings. The molecule has 0 N–H and O–H groups in total. The molecule has 0 aliphatic carbocycles. The molecule has 0 fully saturated rings. The van der Waals surface area contributed by atoms with Crippen molar-refractivity contribution in [3.05, 3.63) is 18.0 Å². The van der Waals surface area contributed by atoms with E-state index in [0.717, 1.165) is 0 Å². The second kappa shape index (κ2) is 3.21. The topological polar surface area (TPSA) is 41.6 Å². The predicted molar refractivity (Wildman–Crippen MR) is 51.1 cm³/mol. The Morgan fingerprint density at radius 1 is 1.54 bits per heavy atom. The molecule has 1 aromatic heterocycles. The van der Waals surface area contributed by atoms with Gasteiger partial charge in [-0.1, -0.05) is 20.8 Å². The standard InChI is InChI=1S/C10H15N3/c1-8(10(2,3)4)13-7-9(5-11)6-12-13/h6-8H,1-4H3/t8-/m0/s1. The highest BCUT2D eigenvalue weighted by atomic mass is 15.3. The molecule has 0 unspecified atom stereocenters. The maximum atomic E-state index is 8.63. The lowest BCUT2D eigenvalue weighted by Crippen LogP contribution is -2.21. The zero-order chi connectivity index (χ0) is 10.1. The second-order valence-electron chi connectivity index (χ2n) is 4.36.